The third-order valence-electron chi connectivity index (χ3n) is 8.26. The lowest BCUT2D eigenvalue weighted by Gasteiger charge is -2.30. The van der Waals surface area contributed by atoms with Crippen molar-refractivity contribution in [3.8, 4) is 0 Å². The molecule has 6 rings (SSSR count). The molecule has 0 saturated carbocycles. The number of aromatic nitrogens is 4. The van der Waals surface area contributed by atoms with E-state index in [1.54, 1.807) is 0 Å². The Labute approximate surface area is 272 Å². The normalized spacial score (nSPS) is 22.0. The highest BCUT2D eigenvalue weighted by molar-refractivity contribution is 7.71. The Balaban J connectivity index is 0.000000359. The first-order valence-corrected chi connectivity index (χ1v) is 17.3. The van der Waals surface area contributed by atoms with Gasteiger partial charge in [-0.15, -0.1) is 0 Å². The van der Waals surface area contributed by atoms with Gasteiger partial charge in [-0.25, -0.2) is 4.79 Å². The Kier molecular flexibility index (Phi) is 14.8. The van der Waals surface area contributed by atoms with Crippen LogP contribution in [0.1, 0.15) is 134 Å². The van der Waals surface area contributed by atoms with Gasteiger partial charge in [0.15, 0.2) is 4.77 Å². The third-order valence-corrected chi connectivity index (χ3v) is 8.56. The van der Waals surface area contributed by atoms with E-state index in [0.29, 0.717) is 12.1 Å². The van der Waals surface area contributed by atoms with Crippen LogP contribution in [0.4, 0.5) is 0 Å². The van der Waals surface area contributed by atoms with Crippen LogP contribution in [0.5, 0.6) is 0 Å². The van der Waals surface area contributed by atoms with E-state index in [1.807, 2.05) is 72.1 Å². The van der Waals surface area contributed by atoms with Gasteiger partial charge in [-0.2, -0.15) is 0 Å². The zero-order valence-corrected chi connectivity index (χ0v) is 31.3. The first kappa shape index (κ1) is 39.3. The molecule has 2 aromatic heterocycles. The first-order chi connectivity index (χ1) is 20.8. The highest BCUT2D eigenvalue weighted by Gasteiger charge is 2.34. The summed E-state index contributed by atoms with van der Waals surface area (Å²) in [6.45, 7) is 33.5. The minimum absolute atomic E-state index is 0.0173. The SMILES string of the molecule is CC.CC.CC.CC.CC1NC(C)(C)c2cccc3[nH]c(=O)n(c23)C1C.CC1NC(C)(C)c2cccc3[nH]c(=S)n(c23)C1C. The van der Waals surface area contributed by atoms with Gasteiger partial charge in [-0.1, -0.05) is 79.7 Å². The molecule has 0 radical (unpaired) electrons. The van der Waals surface area contributed by atoms with Gasteiger partial charge >= 0.3 is 5.69 Å². The summed E-state index contributed by atoms with van der Waals surface area (Å²) in [7, 11) is 0. The van der Waals surface area contributed by atoms with E-state index < -0.39 is 0 Å². The average molecular weight is 627 g/mol. The molecule has 0 bridgehead atoms. The smallest absolute Gasteiger partial charge is 0.326 e. The Morgan fingerprint density at radius 1 is 0.614 bits per heavy atom. The standard InChI is InChI=1S/C14H19N3O.C14H19N3S.4C2H6/c2*1-8-9(2)17-12-10(14(3,4)16-8)6-5-7-11(12)15-13(17)18;4*1-2/h2*5-9,16H,1-4H3,(H,15,18);4*1-2H3. The number of aromatic amines is 2. The average Bonchev–Trinajstić information content (AvgIpc) is 3.50. The summed E-state index contributed by atoms with van der Waals surface area (Å²) in [5, 5.41) is 7.32. The zero-order valence-electron chi connectivity index (χ0n) is 30.5. The minimum Gasteiger partial charge on any atom is -0.331 e. The molecule has 0 fully saturated rings. The number of rotatable bonds is 0. The number of imidazole rings is 2. The molecule has 0 aliphatic carbocycles. The molecule has 0 amide bonds. The fraction of sp³-hybridized carbons (Fsp3) is 0.611. The number of hydrogen-bond acceptors (Lipinski definition) is 4. The number of benzene rings is 2. The summed E-state index contributed by atoms with van der Waals surface area (Å²) in [6, 6.07) is 13.5. The highest BCUT2D eigenvalue weighted by atomic mass is 32.1. The van der Waals surface area contributed by atoms with Crippen molar-refractivity contribution in [3.05, 3.63) is 62.8 Å². The summed E-state index contributed by atoms with van der Waals surface area (Å²) in [5.74, 6) is 0. The molecule has 2 aliphatic heterocycles. The third kappa shape index (κ3) is 7.57. The minimum atomic E-state index is -0.139. The van der Waals surface area contributed by atoms with Crippen LogP contribution < -0.4 is 16.3 Å². The molecule has 8 heteroatoms. The van der Waals surface area contributed by atoms with Crippen LogP contribution in [0.3, 0.4) is 0 Å². The molecule has 4 heterocycles. The second-order valence-corrected chi connectivity index (χ2v) is 12.0. The number of para-hydroxylation sites is 2. The van der Waals surface area contributed by atoms with Crippen LogP contribution >= 0.6 is 12.2 Å². The quantitative estimate of drug-likeness (QED) is 0.146. The maximum Gasteiger partial charge on any atom is 0.326 e. The molecule has 4 N–H and O–H groups in total. The summed E-state index contributed by atoms with van der Waals surface area (Å²) in [6.07, 6.45) is 0. The Hall–Kier alpha value is -2.68. The van der Waals surface area contributed by atoms with E-state index in [0.717, 1.165) is 21.3 Å². The van der Waals surface area contributed by atoms with Crippen LogP contribution in [-0.2, 0) is 11.1 Å². The second kappa shape index (κ2) is 16.6. The predicted octanol–water partition coefficient (Wildman–Crippen LogP) is 9.71. The van der Waals surface area contributed by atoms with Crippen molar-refractivity contribution in [2.45, 2.75) is 146 Å². The van der Waals surface area contributed by atoms with E-state index in [1.165, 1.54) is 16.6 Å². The lowest BCUT2D eigenvalue weighted by Crippen LogP contribution is -2.44. The molecule has 248 valence electrons. The fourth-order valence-corrected chi connectivity index (χ4v) is 6.50. The number of hydrogen-bond donors (Lipinski definition) is 4. The molecule has 0 saturated heterocycles. The van der Waals surface area contributed by atoms with Crippen LogP contribution in [0.2, 0.25) is 0 Å². The predicted molar refractivity (Wildman–Crippen MR) is 196 cm³/mol. The van der Waals surface area contributed by atoms with Crippen molar-refractivity contribution in [1.82, 2.24) is 29.7 Å². The van der Waals surface area contributed by atoms with Crippen LogP contribution in [-0.4, -0.2) is 31.2 Å². The van der Waals surface area contributed by atoms with E-state index >= 15 is 0 Å². The molecule has 4 aromatic rings. The molecular formula is C36H62N6OS. The van der Waals surface area contributed by atoms with Crippen LogP contribution in [0.15, 0.2) is 41.2 Å². The van der Waals surface area contributed by atoms with Gasteiger partial charge in [0.05, 0.1) is 28.1 Å². The molecular weight excluding hydrogens is 565 g/mol. The van der Waals surface area contributed by atoms with Gasteiger partial charge < -0.3 is 25.2 Å². The van der Waals surface area contributed by atoms with Gasteiger partial charge in [-0.3, -0.25) is 4.57 Å². The molecule has 2 aliphatic rings. The zero-order chi connectivity index (χ0) is 34.2. The van der Waals surface area contributed by atoms with Gasteiger partial charge in [0.25, 0.3) is 0 Å². The summed E-state index contributed by atoms with van der Waals surface area (Å²) in [5.41, 5.74) is 6.62. The van der Waals surface area contributed by atoms with Crippen molar-refractivity contribution in [3.63, 3.8) is 0 Å². The first-order valence-electron chi connectivity index (χ1n) is 16.9. The Bertz CT molecular complexity index is 1450. The molecule has 4 unspecified atom stereocenters. The lowest BCUT2D eigenvalue weighted by atomic mass is 9.92. The number of nitrogens with zero attached hydrogens (tertiary/aromatic N) is 2. The largest absolute Gasteiger partial charge is 0.331 e. The van der Waals surface area contributed by atoms with Gasteiger partial charge in [-0.05, 0) is 90.9 Å². The van der Waals surface area contributed by atoms with E-state index in [-0.39, 0.29) is 28.9 Å². The molecule has 2 aromatic carbocycles. The maximum absolute atomic E-state index is 12.2. The summed E-state index contributed by atoms with van der Waals surface area (Å²) in [4.78, 5) is 18.4. The molecule has 0 spiro atoms. The maximum atomic E-state index is 12.2. The number of nitrogens with one attached hydrogen (secondary N) is 4. The van der Waals surface area contributed by atoms with E-state index in [2.05, 4.69) is 105 Å². The molecule has 7 nitrogen and oxygen atoms in total. The van der Waals surface area contributed by atoms with Crippen LogP contribution in [0.25, 0.3) is 22.1 Å². The summed E-state index contributed by atoms with van der Waals surface area (Å²) < 4.78 is 4.96. The topological polar surface area (TPSA) is 82.6 Å². The Morgan fingerprint density at radius 2 is 0.977 bits per heavy atom. The van der Waals surface area contributed by atoms with Crippen molar-refractivity contribution in [1.29, 1.82) is 0 Å². The molecule has 44 heavy (non-hydrogen) atoms. The van der Waals surface area contributed by atoms with Crippen molar-refractivity contribution < 1.29 is 0 Å². The Morgan fingerprint density at radius 3 is 1.41 bits per heavy atom. The lowest BCUT2D eigenvalue weighted by molar-refractivity contribution is 0.308. The molecule has 4 atom stereocenters. The second-order valence-electron chi connectivity index (χ2n) is 11.6. The fourth-order valence-electron chi connectivity index (χ4n) is 6.13. The van der Waals surface area contributed by atoms with Gasteiger partial charge in [0, 0.05) is 29.2 Å². The van der Waals surface area contributed by atoms with Crippen molar-refractivity contribution >= 4 is 34.3 Å². The van der Waals surface area contributed by atoms with Crippen LogP contribution in [0, 0.1) is 4.77 Å². The number of H-pyrrole nitrogens is 2. The van der Waals surface area contributed by atoms with Crippen molar-refractivity contribution in [2.75, 3.05) is 0 Å². The van der Waals surface area contributed by atoms with E-state index in [9.17, 15) is 4.79 Å². The van der Waals surface area contributed by atoms with Crippen molar-refractivity contribution in [2.24, 2.45) is 0 Å². The van der Waals surface area contributed by atoms with Gasteiger partial charge in [0.1, 0.15) is 0 Å². The summed E-state index contributed by atoms with van der Waals surface area (Å²) >= 11 is 5.49. The van der Waals surface area contributed by atoms with Gasteiger partial charge in [0.2, 0.25) is 0 Å². The van der Waals surface area contributed by atoms with E-state index in [4.69, 9.17) is 12.2 Å². The monoisotopic (exact) mass is 626 g/mol. The highest BCUT2D eigenvalue weighted by Crippen LogP contribution is 2.35.